The topological polar surface area (TPSA) is 82.3 Å². The number of anilines is 2. The summed E-state index contributed by atoms with van der Waals surface area (Å²) in [5, 5.41) is 3.19. The van der Waals surface area contributed by atoms with Crippen molar-refractivity contribution in [2.45, 2.75) is 52.4 Å². The monoisotopic (exact) mass is 384 g/mol. The lowest BCUT2D eigenvalue weighted by Crippen LogP contribution is -2.41. The number of aromatic nitrogens is 2. The molecule has 0 aliphatic carbocycles. The van der Waals surface area contributed by atoms with Crippen LogP contribution in [0.15, 0.2) is 42.3 Å². The number of halogens is 1. The van der Waals surface area contributed by atoms with Crippen LogP contribution in [0, 0.1) is 0 Å². The summed E-state index contributed by atoms with van der Waals surface area (Å²) in [4.78, 5) is 8.39. The van der Waals surface area contributed by atoms with Crippen LogP contribution in [0.1, 0.15) is 46.0 Å². The Morgan fingerprint density at radius 1 is 1.18 bits per heavy atom. The summed E-state index contributed by atoms with van der Waals surface area (Å²) in [6.45, 7) is 9.58. The Hall–Kier alpha value is -2.29. The van der Waals surface area contributed by atoms with E-state index >= 15 is 4.39 Å². The number of nitrogens with two attached hydrogens (primary N) is 1. The van der Waals surface area contributed by atoms with Gasteiger partial charge in [-0.05, 0) is 64.0 Å². The van der Waals surface area contributed by atoms with Crippen LogP contribution in [0.25, 0.3) is 5.57 Å². The first-order valence-corrected chi connectivity index (χ1v) is 9.24. The molecule has 1 aliphatic rings. The number of nitrogens with zero attached hydrogens (tertiary/aromatic N) is 2. The standard InChI is InChI=1S/C20H26BFN4O2/c1-13(18(22)21-27-19(2,3)20(4,5)28-21)14-7-6-8-15(11-14)25-16-9-10-24-17(12-23)26-16/h6-11H,12,23H2,1-5H3,(H,24,25,26). The summed E-state index contributed by atoms with van der Waals surface area (Å²) in [5.41, 5.74) is 5.94. The third-order valence-corrected chi connectivity index (χ3v) is 5.27. The summed E-state index contributed by atoms with van der Waals surface area (Å²) in [6.07, 6.45) is 1.64. The fourth-order valence-electron chi connectivity index (χ4n) is 2.81. The highest BCUT2D eigenvalue weighted by Gasteiger charge is 2.53. The number of rotatable bonds is 5. The molecule has 28 heavy (non-hydrogen) atoms. The first-order valence-electron chi connectivity index (χ1n) is 9.24. The fraction of sp³-hybridized carbons (Fsp3) is 0.400. The van der Waals surface area contributed by atoms with Gasteiger partial charge in [0.2, 0.25) is 0 Å². The van der Waals surface area contributed by atoms with Crippen LogP contribution in [0.2, 0.25) is 0 Å². The normalized spacial score (nSPS) is 18.8. The van der Waals surface area contributed by atoms with Crippen molar-refractivity contribution < 1.29 is 13.7 Å². The second kappa shape index (κ2) is 7.62. The van der Waals surface area contributed by atoms with Crippen LogP contribution in [-0.4, -0.2) is 28.3 Å². The summed E-state index contributed by atoms with van der Waals surface area (Å²) < 4.78 is 26.7. The van der Waals surface area contributed by atoms with Gasteiger partial charge in [-0.3, -0.25) is 0 Å². The van der Waals surface area contributed by atoms with Gasteiger partial charge < -0.3 is 20.4 Å². The minimum Gasteiger partial charge on any atom is -0.398 e. The van der Waals surface area contributed by atoms with Crippen LogP contribution < -0.4 is 11.1 Å². The Balaban J connectivity index is 1.83. The SMILES string of the molecule is CC(=C(F)B1OC(C)(C)C(C)(C)O1)c1cccc(Nc2ccnc(CN)n2)c1. The molecule has 2 aromatic rings. The van der Waals surface area contributed by atoms with Crippen molar-refractivity contribution in [3.63, 3.8) is 0 Å². The van der Waals surface area contributed by atoms with Crippen molar-refractivity contribution in [3.8, 4) is 0 Å². The van der Waals surface area contributed by atoms with Crippen molar-refractivity contribution in [2.24, 2.45) is 5.73 Å². The third kappa shape index (κ3) is 4.09. The zero-order valence-corrected chi connectivity index (χ0v) is 16.9. The summed E-state index contributed by atoms with van der Waals surface area (Å²) in [6, 6.07) is 9.18. The van der Waals surface area contributed by atoms with E-state index in [1.165, 1.54) is 0 Å². The van der Waals surface area contributed by atoms with E-state index in [1.807, 2.05) is 52.0 Å². The molecule has 8 heteroatoms. The Morgan fingerprint density at radius 2 is 1.86 bits per heavy atom. The molecule has 2 heterocycles. The van der Waals surface area contributed by atoms with Crippen molar-refractivity contribution in [2.75, 3.05) is 5.32 Å². The number of hydrogen-bond donors (Lipinski definition) is 2. The molecule has 0 amide bonds. The lowest BCUT2D eigenvalue weighted by atomic mass is 9.83. The highest BCUT2D eigenvalue weighted by Crippen LogP contribution is 2.40. The first-order chi connectivity index (χ1) is 13.1. The van der Waals surface area contributed by atoms with Crippen molar-refractivity contribution >= 4 is 24.2 Å². The molecule has 0 radical (unpaired) electrons. The second-order valence-corrected chi connectivity index (χ2v) is 7.83. The second-order valence-electron chi connectivity index (χ2n) is 7.83. The molecule has 1 saturated heterocycles. The van der Waals surface area contributed by atoms with Gasteiger partial charge in [0.15, 0.2) is 0 Å². The van der Waals surface area contributed by atoms with Crippen molar-refractivity contribution in [1.82, 2.24) is 9.97 Å². The summed E-state index contributed by atoms with van der Waals surface area (Å²) in [7, 11) is -1.02. The average molecular weight is 384 g/mol. The van der Waals surface area contributed by atoms with E-state index in [0.29, 0.717) is 17.2 Å². The molecule has 0 saturated carbocycles. The number of hydrogen-bond acceptors (Lipinski definition) is 6. The Labute approximate surface area is 165 Å². The van der Waals surface area contributed by atoms with Gasteiger partial charge in [-0.2, -0.15) is 0 Å². The molecule has 0 atom stereocenters. The van der Waals surface area contributed by atoms with Crippen LogP contribution in [0.5, 0.6) is 0 Å². The molecule has 1 aromatic heterocycles. The molecule has 0 spiro atoms. The van der Waals surface area contributed by atoms with E-state index in [4.69, 9.17) is 15.0 Å². The molecule has 148 valence electrons. The van der Waals surface area contributed by atoms with Crippen LogP contribution in [0.4, 0.5) is 15.9 Å². The van der Waals surface area contributed by atoms with Gasteiger partial charge >= 0.3 is 7.12 Å². The minimum absolute atomic E-state index is 0.261. The predicted octanol–water partition coefficient (Wildman–Crippen LogP) is 4.01. The summed E-state index contributed by atoms with van der Waals surface area (Å²) in [5.74, 6) is 1.17. The summed E-state index contributed by atoms with van der Waals surface area (Å²) >= 11 is 0. The van der Waals surface area contributed by atoms with Gasteiger partial charge in [0.25, 0.3) is 0 Å². The average Bonchev–Trinajstić information content (AvgIpc) is 2.88. The zero-order valence-electron chi connectivity index (χ0n) is 16.9. The van der Waals surface area contributed by atoms with Crippen LogP contribution in [0.3, 0.4) is 0 Å². The Morgan fingerprint density at radius 3 is 2.50 bits per heavy atom. The fourth-order valence-corrected chi connectivity index (χ4v) is 2.81. The lowest BCUT2D eigenvalue weighted by molar-refractivity contribution is 0.00578. The Bertz CT molecular complexity index is 885. The van der Waals surface area contributed by atoms with Gasteiger partial charge in [-0.15, -0.1) is 0 Å². The van der Waals surface area contributed by atoms with Crippen molar-refractivity contribution in [3.05, 3.63) is 53.6 Å². The Kier molecular flexibility index (Phi) is 5.56. The smallest absolute Gasteiger partial charge is 0.398 e. The van der Waals surface area contributed by atoms with Gasteiger partial charge in [0.1, 0.15) is 17.4 Å². The molecule has 1 aliphatic heterocycles. The molecule has 0 bridgehead atoms. The van der Waals surface area contributed by atoms with Crippen LogP contribution in [-0.2, 0) is 15.9 Å². The van der Waals surface area contributed by atoms with Gasteiger partial charge in [-0.1, -0.05) is 12.1 Å². The lowest BCUT2D eigenvalue weighted by Gasteiger charge is -2.32. The van der Waals surface area contributed by atoms with E-state index in [2.05, 4.69) is 15.3 Å². The molecule has 1 fully saturated rings. The van der Waals surface area contributed by atoms with E-state index in [-0.39, 0.29) is 6.54 Å². The molecule has 6 nitrogen and oxygen atoms in total. The largest absolute Gasteiger partial charge is 0.525 e. The zero-order chi connectivity index (χ0) is 20.5. The van der Waals surface area contributed by atoms with Gasteiger partial charge in [0.05, 0.1) is 17.7 Å². The number of nitrogens with one attached hydrogen (secondary N) is 1. The highest BCUT2D eigenvalue weighted by atomic mass is 19.1. The molecule has 3 rings (SSSR count). The highest BCUT2D eigenvalue weighted by molar-refractivity contribution is 6.55. The van der Waals surface area contributed by atoms with E-state index < -0.39 is 24.0 Å². The molecular weight excluding hydrogens is 358 g/mol. The van der Waals surface area contributed by atoms with Crippen molar-refractivity contribution in [1.29, 1.82) is 0 Å². The maximum atomic E-state index is 15.1. The predicted molar refractivity (Wildman–Crippen MR) is 109 cm³/mol. The van der Waals surface area contributed by atoms with E-state index in [0.717, 1.165) is 11.3 Å². The quantitative estimate of drug-likeness (QED) is 0.758. The minimum atomic E-state index is -1.02. The van der Waals surface area contributed by atoms with E-state index in [1.54, 1.807) is 19.2 Å². The van der Waals surface area contributed by atoms with Gasteiger partial charge in [0, 0.05) is 11.9 Å². The van der Waals surface area contributed by atoms with Crippen LogP contribution >= 0.6 is 0 Å². The third-order valence-electron chi connectivity index (χ3n) is 5.27. The van der Waals surface area contributed by atoms with Gasteiger partial charge in [-0.25, -0.2) is 14.4 Å². The maximum absolute atomic E-state index is 15.1. The molecule has 3 N–H and O–H groups in total. The first kappa shape index (κ1) is 20.4. The number of allylic oxidation sites excluding steroid dienone is 1. The molecule has 0 unspecified atom stereocenters. The number of benzene rings is 1. The molecular formula is C20H26BFN4O2. The van der Waals surface area contributed by atoms with E-state index in [9.17, 15) is 0 Å². The maximum Gasteiger partial charge on any atom is 0.525 e. The molecule has 1 aromatic carbocycles.